The lowest BCUT2D eigenvalue weighted by Gasteiger charge is -2.25. The van der Waals surface area contributed by atoms with E-state index in [0.29, 0.717) is 19.4 Å². The molecule has 1 atom stereocenters. The van der Waals surface area contributed by atoms with E-state index in [1.54, 1.807) is 0 Å². The molecule has 0 bridgehead atoms. The standard InChI is InChI=1S/C49H86N2O7/c1-5-7-9-11-13-15-17-19-21-23-25-27-29-31-33-35-46(52)56-41-39-51(49(55)45(50)37-38-48(54)58-43-44(3)4)40-42-57-47(53)36-34-32-30-28-26-24-22-20-18-16-14-12-10-8-6-2/h13-16,19-22,44-45H,5-12,17-18,23-43,50H2,1-4H3/b15-13-,16-14-,21-19-,22-20-/t45-/m0/s1. The summed E-state index contributed by atoms with van der Waals surface area (Å²) in [5.74, 6) is -1.15. The molecule has 0 spiro atoms. The molecule has 0 fully saturated rings. The van der Waals surface area contributed by atoms with Gasteiger partial charge in [-0.2, -0.15) is 0 Å². The Balaban J connectivity index is 4.45. The van der Waals surface area contributed by atoms with Crippen LogP contribution < -0.4 is 5.73 Å². The van der Waals surface area contributed by atoms with Crippen LogP contribution in [0.1, 0.15) is 195 Å². The molecule has 0 aromatic rings. The van der Waals surface area contributed by atoms with E-state index >= 15 is 0 Å². The molecule has 2 N–H and O–H groups in total. The third-order valence-corrected chi connectivity index (χ3v) is 9.78. The number of allylic oxidation sites excluding steroid dienone is 8. The maximum Gasteiger partial charge on any atom is 0.305 e. The zero-order valence-corrected chi connectivity index (χ0v) is 37.6. The van der Waals surface area contributed by atoms with Gasteiger partial charge in [0.2, 0.25) is 5.91 Å². The van der Waals surface area contributed by atoms with Gasteiger partial charge in [0.15, 0.2) is 0 Å². The number of nitrogens with two attached hydrogens (primary N) is 1. The zero-order valence-electron chi connectivity index (χ0n) is 37.6. The van der Waals surface area contributed by atoms with Gasteiger partial charge < -0.3 is 24.8 Å². The van der Waals surface area contributed by atoms with Crippen molar-refractivity contribution >= 4 is 23.8 Å². The van der Waals surface area contributed by atoms with Gasteiger partial charge in [0, 0.05) is 19.3 Å². The van der Waals surface area contributed by atoms with Crippen LogP contribution in [-0.2, 0) is 33.4 Å². The van der Waals surface area contributed by atoms with Crippen LogP contribution in [0.25, 0.3) is 0 Å². The highest BCUT2D eigenvalue weighted by Gasteiger charge is 2.23. The van der Waals surface area contributed by atoms with Crippen molar-refractivity contribution in [3.05, 3.63) is 48.6 Å². The van der Waals surface area contributed by atoms with Crippen LogP contribution in [0.3, 0.4) is 0 Å². The Morgan fingerprint density at radius 1 is 0.500 bits per heavy atom. The second-order valence-corrected chi connectivity index (χ2v) is 15.9. The molecule has 0 radical (unpaired) electrons. The molecule has 0 aliphatic rings. The van der Waals surface area contributed by atoms with Crippen molar-refractivity contribution in [2.75, 3.05) is 32.9 Å². The van der Waals surface area contributed by atoms with Crippen molar-refractivity contribution in [3.8, 4) is 0 Å². The van der Waals surface area contributed by atoms with Crippen molar-refractivity contribution in [3.63, 3.8) is 0 Å². The van der Waals surface area contributed by atoms with E-state index in [1.807, 2.05) is 13.8 Å². The molecule has 1 amide bonds. The van der Waals surface area contributed by atoms with Crippen LogP contribution in [0, 0.1) is 5.92 Å². The molecule has 9 heteroatoms. The second-order valence-electron chi connectivity index (χ2n) is 15.9. The fourth-order valence-corrected chi connectivity index (χ4v) is 6.14. The lowest BCUT2D eigenvalue weighted by Crippen LogP contribution is -2.46. The van der Waals surface area contributed by atoms with Gasteiger partial charge in [-0.3, -0.25) is 19.2 Å². The minimum Gasteiger partial charge on any atom is -0.465 e. The minimum absolute atomic E-state index is 0.0217. The summed E-state index contributed by atoms with van der Waals surface area (Å²) in [5.41, 5.74) is 6.20. The third kappa shape index (κ3) is 38.3. The lowest BCUT2D eigenvalue weighted by molar-refractivity contribution is -0.149. The number of ether oxygens (including phenoxy) is 3. The van der Waals surface area contributed by atoms with Crippen molar-refractivity contribution in [1.82, 2.24) is 4.90 Å². The van der Waals surface area contributed by atoms with Crippen LogP contribution in [-0.4, -0.2) is 67.7 Å². The molecule has 0 rings (SSSR count). The summed E-state index contributed by atoms with van der Waals surface area (Å²) in [6, 6.07) is -0.932. The number of hydrogen-bond donors (Lipinski definition) is 1. The number of amides is 1. The van der Waals surface area contributed by atoms with Gasteiger partial charge in [0.25, 0.3) is 0 Å². The summed E-state index contributed by atoms with van der Waals surface area (Å²) in [4.78, 5) is 51.7. The van der Waals surface area contributed by atoms with Crippen molar-refractivity contribution in [1.29, 1.82) is 0 Å². The van der Waals surface area contributed by atoms with Crippen LogP contribution in [0.2, 0.25) is 0 Å². The SMILES string of the molecule is CCCCC/C=C\C/C=C\CCCCCCCC(=O)OCCN(CCOC(=O)CCCCCCC/C=C\C/C=C\CCCCC)C(=O)[C@@H](N)CCC(=O)OCC(C)C. The van der Waals surface area contributed by atoms with E-state index < -0.39 is 12.0 Å². The van der Waals surface area contributed by atoms with Gasteiger partial charge in [-0.1, -0.05) is 141 Å². The predicted octanol–water partition coefficient (Wildman–Crippen LogP) is 11.8. The van der Waals surface area contributed by atoms with Crippen LogP contribution in [0.5, 0.6) is 0 Å². The number of carbonyl (C=O) groups is 4. The third-order valence-electron chi connectivity index (χ3n) is 9.78. The van der Waals surface area contributed by atoms with E-state index in [0.717, 1.165) is 89.9 Å². The number of carbonyl (C=O) groups excluding carboxylic acids is 4. The second kappa shape index (κ2) is 41.9. The fourth-order valence-electron chi connectivity index (χ4n) is 6.14. The van der Waals surface area contributed by atoms with Gasteiger partial charge >= 0.3 is 17.9 Å². The van der Waals surface area contributed by atoms with Gasteiger partial charge in [0.05, 0.1) is 25.7 Å². The topological polar surface area (TPSA) is 125 Å². The summed E-state index contributed by atoms with van der Waals surface area (Å²) in [6.07, 6.45) is 43.4. The Bertz CT molecular complexity index is 1070. The first kappa shape index (κ1) is 54.8. The van der Waals surface area contributed by atoms with E-state index in [2.05, 4.69) is 62.5 Å². The quantitative estimate of drug-likeness (QED) is 0.0280. The molecule has 0 unspecified atom stereocenters. The Hall–Kier alpha value is -3.20. The van der Waals surface area contributed by atoms with E-state index in [-0.39, 0.29) is 62.9 Å². The maximum atomic E-state index is 13.3. The number of esters is 3. The molecule has 334 valence electrons. The highest BCUT2D eigenvalue weighted by atomic mass is 16.5. The fraction of sp³-hybridized carbons (Fsp3) is 0.755. The number of nitrogens with zero attached hydrogens (tertiary/aromatic N) is 1. The van der Waals surface area contributed by atoms with Crippen molar-refractivity contribution < 1.29 is 33.4 Å². The molecule has 0 saturated heterocycles. The average molecular weight is 815 g/mol. The Labute approximate surface area is 355 Å². The molecule has 9 nitrogen and oxygen atoms in total. The average Bonchev–Trinajstić information content (AvgIpc) is 3.21. The predicted molar refractivity (Wildman–Crippen MR) is 240 cm³/mol. The van der Waals surface area contributed by atoms with E-state index in [4.69, 9.17) is 19.9 Å². The summed E-state index contributed by atoms with van der Waals surface area (Å²) < 4.78 is 16.1. The Morgan fingerprint density at radius 2 is 0.879 bits per heavy atom. The Kier molecular flexibility index (Phi) is 39.6. The van der Waals surface area contributed by atoms with Gasteiger partial charge in [-0.05, 0) is 89.4 Å². The van der Waals surface area contributed by atoms with Crippen molar-refractivity contribution in [2.24, 2.45) is 11.7 Å². The smallest absolute Gasteiger partial charge is 0.305 e. The largest absolute Gasteiger partial charge is 0.465 e. The first-order valence-electron chi connectivity index (χ1n) is 23.3. The number of unbranched alkanes of at least 4 members (excludes halogenated alkanes) is 16. The molecule has 58 heavy (non-hydrogen) atoms. The van der Waals surface area contributed by atoms with Gasteiger partial charge in [0.1, 0.15) is 13.2 Å². The van der Waals surface area contributed by atoms with E-state index in [9.17, 15) is 19.2 Å². The van der Waals surface area contributed by atoms with Crippen LogP contribution in [0.4, 0.5) is 0 Å². The van der Waals surface area contributed by atoms with Crippen LogP contribution in [0.15, 0.2) is 48.6 Å². The minimum atomic E-state index is -0.932. The molecule has 0 aliphatic heterocycles. The molecule has 0 aromatic heterocycles. The summed E-state index contributed by atoms with van der Waals surface area (Å²) in [6.45, 7) is 8.97. The molecule has 0 aromatic carbocycles. The summed E-state index contributed by atoms with van der Waals surface area (Å²) in [5, 5.41) is 0. The lowest BCUT2D eigenvalue weighted by atomic mass is 10.1. The molecule has 0 saturated carbocycles. The van der Waals surface area contributed by atoms with Crippen molar-refractivity contribution in [2.45, 2.75) is 201 Å². The highest BCUT2D eigenvalue weighted by Crippen LogP contribution is 2.11. The first-order valence-corrected chi connectivity index (χ1v) is 23.3. The van der Waals surface area contributed by atoms with E-state index in [1.165, 1.54) is 56.3 Å². The normalized spacial score (nSPS) is 12.4. The van der Waals surface area contributed by atoms with Crippen LogP contribution >= 0.6 is 0 Å². The monoisotopic (exact) mass is 815 g/mol. The Morgan fingerprint density at radius 3 is 1.29 bits per heavy atom. The maximum absolute atomic E-state index is 13.3. The number of rotatable bonds is 40. The molecular formula is C49H86N2O7. The molecular weight excluding hydrogens is 729 g/mol. The van der Waals surface area contributed by atoms with Gasteiger partial charge in [-0.25, -0.2) is 0 Å². The summed E-state index contributed by atoms with van der Waals surface area (Å²) in [7, 11) is 0. The highest BCUT2D eigenvalue weighted by molar-refractivity contribution is 5.82. The van der Waals surface area contributed by atoms with Gasteiger partial charge in [-0.15, -0.1) is 0 Å². The molecule has 0 aliphatic carbocycles. The first-order chi connectivity index (χ1) is 28.2. The number of hydrogen-bond acceptors (Lipinski definition) is 8. The summed E-state index contributed by atoms with van der Waals surface area (Å²) >= 11 is 0. The zero-order chi connectivity index (χ0) is 42.7. The molecule has 0 heterocycles.